The molecule has 2 aromatic heterocycles. The van der Waals surface area contributed by atoms with Crippen molar-refractivity contribution in [1.29, 1.82) is 0 Å². The number of nitrogens with zero attached hydrogens (tertiary/aromatic N) is 4. The highest BCUT2D eigenvalue weighted by Crippen LogP contribution is 2.13. The molecule has 0 aliphatic rings. The van der Waals surface area contributed by atoms with Crippen LogP contribution in [0.5, 0.6) is 0 Å². The van der Waals surface area contributed by atoms with Gasteiger partial charge in [0.1, 0.15) is 5.02 Å². The lowest BCUT2D eigenvalue weighted by molar-refractivity contribution is 0.736. The van der Waals surface area contributed by atoms with Crippen LogP contribution in [0.2, 0.25) is 10.2 Å². The molecule has 21 heavy (non-hydrogen) atoms. The number of hydrogen-bond acceptors (Lipinski definition) is 3. The van der Waals surface area contributed by atoms with Gasteiger partial charge in [0.25, 0.3) is 5.56 Å². The molecule has 0 N–H and O–H groups in total. The van der Waals surface area contributed by atoms with Crippen molar-refractivity contribution in [2.75, 3.05) is 0 Å². The average Bonchev–Trinajstić information content (AvgIpc) is 2.97. The van der Waals surface area contributed by atoms with Crippen LogP contribution in [0.15, 0.2) is 53.8 Å². The fourth-order valence-corrected chi connectivity index (χ4v) is 2.20. The first-order valence-corrected chi connectivity index (χ1v) is 6.90. The summed E-state index contributed by atoms with van der Waals surface area (Å²) in [5, 5.41) is 4.21. The molecule has 2 heterocycles. The monoisotopic (exact) mass is 320 g/mol. The molecule has 3 aromatic rings. The van der Waals surface area contributed by atoms with Gasteiger partial charge in [0.05, 0.1) is 24.8 Å². The standard InChI is InChI=1S/C14H10Cl2N4O/c15-12-13(16)17-9-19(14(12)21)7-10-6-18-20(8-10)11-4-2-1-3-5-11/h1-6,8-9H,7H2. The lowest BCUT2D eigenvalue weighted by Crippen LogP contribution is -2.21. The number of benzene rings is 1. The number of aromatic nitrogens is 4. The van der Waals surface area contributed by atoms with E-state index >= 15 is 0 Å². The van der Waals surface area contributed by atoms with Crippen LogP contribution in [0.4, 0.5) is 0 Å². The Morgan fingerprint density at radius 2 is 1.90 bits per heavy atom. The van der Waals surface area contributed by atoms with Crippen LogP contribution < -0.4 is 5.56 Å². The topological polar surface area (TPSA) is 52.7 Å². The third-order valence-electron chi connectivity index (χ3n) is 2.95. The van der Waals surface area contributed by atoms with Crippen molar-refractivity contribution in [2.24, 2.45) is 0 Å². The zero-order valence-electron chi connectivity index (χ0n) is 10.8. The summed E-state index contributed by atoms with van der Waals surface area (Å²) < 4.78 is 3.13. The van der Waals surface area contributed by atoms with Crippen molar-refractivity contribution < 1.29 is 0 Å². The Kier molecular flexibility index (Phi) is 3.77. The van der Waals surface area contributed by atoms with Gasteiger partial charge in [0.15, 0.2) is 5.15 Å². The van der Waals surface area contributed by atoms with E-state index < -0.39 is 0 Å². The molecule has 5 nitrogen and oxygen atoms in total. The van der Waals surface area contributed by atoms with Crippen molar-refractivity contribution in [1.82, 2.24) is 19.3 Å². The predicted octanol–water partition coefficient (Wildman–Crippen LogP) is 2.78. The maximum absolute atomic E-state index is 12.0. The van der Waals surface area contributed by atoms with Crippen LogP contribution in [0, 0.1) is 0 Å². The van der Waals surface area contributed by atoms with Crippen molar-refractivity contribution in [2.45, 2.75) is 6.54 Å². The number of hydrogen-bond donors (Lipinski definition) is 0. The summed E-state index contributed by atoms with van der Waals surface area (Å²) in [5.41, 5.74) is 1.44. The Balaban J connectivity index is 1.89. The maximum Gasteiger partial charge on any atom is 0.273 e. The van der Waals surface area contributed by atoms with E-state index in [1.165, 1.54) is 10.9 Å². The van der Waals surface area contributed by atoms with E-state index in [4.69, 9.17) is 23.2 Å². The summed E-state index contributed by atoms with van der Waals surface area (Å²) in [6.45, 7) is 0.329. The quantitative estimate of drug-likeness (QED) is 0.697. The lowest BCUT2D eigenvalue weighted by atomic mass is 10.3. The molecule has 0 radical (unpaired) electrons. The predicted molar refractivity (Wildman–Crippen MR) is 81.2 cm³/mol. The van der Waals surface area contributed by atoms with Gasteiger partial charge in [-0.3, -0.25) is 9.36 Å². The molecule has 0 atom stereocenters. The number of para-hydroxylation sites is 1. The highest BCUT2D eigenvalue weighted by molar-refractivity contribution is 6.40. The lowest BCUT2D eigenvalue weighted by Gasteiger charge is -2.04. The van der Waals surface area contributed by atoms with Gasteiger partial charge in [0.2, 0.25) is 0 Å². The SMILES string of the molecule is O=c1c(Cl)c(Cl)ncn1Cc1cnn(-c2ccccc2)c1. The van der Waals surface area contributed by atoms with Gasteiger partial charge in [-0.05, 0) is 12.1 Å². The van der Waals surface area contributed by atoms with Gasteiger partial charge in [-0.2, -0.15) is 5.10 Å². The van der Waals surface area contributed by atoms with E-state index in [0.29, 0.717) is 6.54 Å². The summed E-state index contributed by atoms with van der Waals surface area (Å²) in [6, 6.07) is 9.70. The zero-order chi connectivity index (χ0) is 14.8. The molecule has 0 bridgehead atoms. The van der Waals surface area contributed by atoms with Gasteiger partial charge in [-0.15, -0.1) is 0 Å². The van der Waals surface area contributed by atoms with Gasteiger partial charge >= 0.3 is 0 Å². The fraction of sp³-hybridized carbons (Fsp3) is 0.0714. The maximum atomic E-state index is 12.0. The van der Waals surface area contributed by atoms with Crippen molar-refractivity contribution >= 4 is 23.2 Å². The molecule has 1 aromatic carbocycles. The normalized spacial score (nSPS) is 10.8. The Morgan fingerprint density at radius 1 is 1.14 bits per heavy atom. The van der Waals surface area contributed by atoms with E-state index in [1.807, 2.05) is 36.5 Å². The third-order valence-corrected chi connectivity index (χ3v) is 3.67. The summed E-state index contributed by atoms with van der Waals surface area (Å²) in [5.74, 6) is 0. The van der Waals surface area contributed by atoms with Gasteiger partial charge < -0.3 is 0 Å². The summed E-state index contributed by atoms with van der Waals surface area (Å²) >= 11 is 11.5. The first-order chi connectivity index (χ1) is 10.1. The highest BCUT2D eigenvalue weighted by atomic mass is 35.5. The summed E-state index contributed by atoms with van der Waals surface area (Å²) in [4.78, 5) is 15.8. The molecule has 106 valence electrons. The van der Waals surface area contributed by atoms with Crippen molar-refractivity contribution in [3.05, 3.63) is 75.1 Å². The van der Waals surface area contributed by atoms with Crippen molar-refractivity contribution in [3.63, 3.8) is 0 Å². The third kappa shape index (κ3) is 2.84. The molecule has 0 saturated heterocycles. The minimum atomic E-state index is -0.371. The van der Waals surface area contributed by atoms with E-state index in [2.05, 4.69) is 10.1 Å². The largest absolute Gasteiger partial charge is 0.293 e. The second-order valence-electron chi connectivity index (χ2n) is 4.41. The number of halogens is 2. The molecule has 7 heteroatoms. The molecule has 0 unspecified atom stereocenters. The van der Waals surface area contributed by atoms with Crippen LogP contribution in [-0.2, 0) is 6.54 Å². The Morgan fingerprint density at radius 3 is 2.67 bits per heavy atom. The molecule has 0 aliphatic carbocycles. The van der Waals surface area contributed by atoms with Gasteiger partial charge in [0, 0.05) is 11.8 Å². The minimum Gasteiger partial charge on any atom is -0.293 e. The van der Waals surface area contributed by atoms with Crippen molar-refractivity contribution in [3.8, 4) is 5.69 Å². The second-order valence-corrected chi connectivity index (χ2v) is 5.15. The van der Waals surface area contributed by atoms with E-state index in [1.54, 1.807) is 10.9 Å². The Hall–Kier alpha value is -2.11. The molecule has 3 rings (SSSR count). The second kappa shape index (κ2) is 5.71. The fourth-order valence-electron chi connectivity index (χ4n) is 1.92. The molecule has 0 aliphatic heterocycles. The van der Waals surface area contributed by atoms with Crippen LogP contribution in [0.25, 0.3) is 5.69 Å². The molecular weight excluding hydrogens is 311 g/mol. The minimum absolute atomic E-state index is 0.0119. The van der Waals surface area contributed by atoms with Gasteiger partial charge in [-0.1, -0.05) is 41.4 Å². The Labute approximate surface area is 130 Å². The first kappa shape index (κ1) is 13.9. The van der Waals surface area contributed by atoms with Crippen LogP contribution >= 0.6 is 23.2 Å². The molecule has 0 saturated carbocycles. The highest BCUT2D eigenvalue weighted by Gasteiger charge is 2.09. The first-order valence-electron chi connectivity index (χ1n) is 6.14. The van der Waals surface area contributed by atoms with E-state index in [0.717, 1.165) is 11.3 Å². The summed E-state index contributed by atoms with van der Waals surface area (Å²) in [6.07, 6.45) is 4.92. The van der Waals surface area contributed by atoms with E-state index in [-0.39, 0.29) is 15.7 Å². The molecule has 0 fully saturated rings. The van der Waals surface area contributed by atoms with E-state index in [9.17, 15) is 4.79 Å². The van der Waals surface area contributed by atoms with Crippen LogP contribution in [0.1, 0.15) is 5.56 Å². The molecule has 0 spiro atoms. The van der Waals surface area contributed by atoms with Crippen LogP contribution in [-0.4, -0.2) is 19.3 Å². The summed E-state index contributed by atoms with van der Waals surface area (Å²) in [7, 11) is 0. The van der Waals surface area contributed by atoms with Crippen LogP contribution in [0.3, 0.4) is 0 Å². The average molecular weight is 321 g/mol. The van der Waals surface area contributed by atoms with Gasteiger partial charge in [-0.25, -0.2) is 9.67 Å². The molecule has 0 amide bonds. The molecular formula is C14H10Cl2N4O. The zero-order valence-corrected chi connectivity index (χ0v) is 12.3. The number of rotatable bonds is 3. The Bertz CT molecular complexity index is 826. The smallest absolute Gasteiger partial charge is 0.273 e.